The first-order chi connectivity index (χ1) is 12.1. The van der Waals surface area contributed by atoms with Gasteiger partial charge in [-0.1, -0.05) is 25.1 Å². The Hall–Kier alpha value is -3.08. The standard InChI is InChI=1S/C20H19NO4/c1-3-10-24-15-9-8-14-11-16(20(23)25-18(14)12-15)19(22)21-17-7-5-4-6-13(17)2/h4-9,11-12H,3,10H2,1-2H3,(H,21,22). The molecule has 2 aromatic carbocycles. The minimum Gasteiger partial charge on any atom is -0.493 e. The van der Waals surface area contributed by atoms with Crippen molar-refractivity contribution >= 4 is 22.6 Å². The van der Waals surface area contributed by atoms with E-state index in [0.29, 0.717) is 29.0 Å². The Morgan fingerprint density at radius 2 is 1.96 bits per heavy atom. The van der Waals surface area contributed by atoms with Crippen molar-refractivity contribution < 1.29 is 13.9 Å². The highest BCUT2D eigenvalue weighted by molar-refractivity contribution is 6.05. The van der Waals surface area contributed by atoms with Crippen LogP contribution in [0.2, 0.25) is 0 Å². The first kappa shape index (κ1) is 16.8. The Labute approximate surface area is 145 Å². The third-order valence-electron chi connectivity index (χ3n) is 3.82. The van der Waals surface area contributed by atoms with Crippen LogP contribution < -0.4 is 15.7 Å². The van der Waals surface area contributed by atoms with E-state index in [2.05, 4.69) is 5.32 Å². The Balaban J connectivity index is 1.91. The highest BCUT2D eigenvalue weighted by atomic mass is 16.5. The van der Waals surface area contributed by atoms with Crippen molar-refractivity contribution in [2.45, 2.75) is 20.3 Å². The van der Waals surface area contributed by atoms with E-state index in [1.54, 1.807) is 30.3 Å². The van der Waals surface area contributed by atoms with E-state index >= 15 is 0 Å². The van der Waals surface area contributed by atoms with Crippen molar-refractivity contribution in [1.29, 1.82) is 0 Å². The SMILES string of the molecule is CCCOc1ccc2cc(C(=O)Nc3ccccc3C)c(=O)oc2c1. The van der Waals surface area contributed by atoms with Gasteiger partial charge < -0.3 is 14.5 Å². The number of nitrogens with one attached hydrogen (secondary N) is 1. The summed E-state index contributed by atoms with van der Waals surface area (Å²) < 4.78 is 10.8. The van der Waals surface area contributed by atoms with Crippen LogP contribution in [0.1, 0.15) is 29.3 Å². The lowest BCUT2D eigenvalue weighted by Gasteiger charge is -2.08. The third-order valence-corrected chi connectivity index (χ3v) is 3.82. The molecule has 0 radical (unpaired) electrons. The zero-order valence-electron chi connectivity index (χ0n) is 14.2. The molecule has 25 heavy (non-hydrogen) atoms. The van der Waals surface area contributed by atoms with Crippen LogP contribution in [0.3, 0.4) is 0 Å². The van der Waals surface area contributed by atoms with E-state index in [-0.39, 0.29) is 5.56 Å². The summed E-state index contributed by atoms with van der Waals surface area (Å²) in [6.45, 7) is 4.49. The lowest BCUT2D eigenvalue weighted by molar-refractivity contribution is 0.102. The summed E-state index contributed by atoms with van der Waals surface area (Å²) in [4.78, 5) is 24.7. The molecular formula is C20H19NO4. The fourth-order valence-electron chi connectivity index (χ4n) is 2.46. The van der Waals surface area contributed by atoms with Gasteiger partial charge in [-0.05, 0) is 43.2 Å². The van der Waals surface area contributed by atoms with Gasteiger partial charge in [0.05, 0.1) is 6.61 Å². The second-order valence-corrected chi connectivity index (χ2v) is 5.76. The summed E-state index contributed by atoms with van der Waals surface area (Å²) >= 11 is 0. The number of hydrogen-bond acceptors (Lipinski definition) is 4. The van der Waals surface area contributed by atoms with Crippen LogP contribution in [-0.4, -0.2) is 12.5 Å². The Morgan fingerprint density at radius 3 is 2.72 bits per heavy atom. The molecule has 1 aromatic heterocycles. The molecule has 0 atom stereocenters. The van der Waals surface area contributed by atoms with Gasteiger partial charge in [-0.3, -0.25) is 4.79 Å². The van der Waals surface area contributed by atoms with E-state index in [9.17, 15) is 9.59 Å². The van der Waals surface area contributed by atoms with Gasteiger partial charge in [0, 0.05) is 17.1 Å². The molecule has 1 amide bonds. The molecule has 0 saturated carbocycles. The molecular weight excluding hydrogens is 318 g/mol. The van der Waals surface area contributed by atoms with Crippen molar-refractivity contribution in [3.63, 3.8) is 0 Å². The normalized spacial score (nSPS) is 10.6. The summed E-state index contributed by atoms with van der Waals surface area (Å²) in [5, 5.41) is 3.41. The van der Waals surface area contributed by atoms with Gasteiger partial charge in [0.2, 0.25) is 0 Å². The predicted octanol–water partition coefficient (Wildman–Crippen LogP) is 4.14. The molecule has 0 saturated heterocycles. The van der Waals surface area contributed by atoms with Gasteiger partial charge in [0.25, 0.3) is 5.91 Å². The highest BCUT2D eigenvalue weighted by Crippen LogP contribution is 2.21. The first-order valence-electron chi connectivity index (χ1n) is 8.16. The predicted molar refractivity (Wildman–Crippen MR) is 97.4 cm³/mol. The lowest BCUT2D eigenvalue weighted by atomic mass is 10.1. The quantitative estimate of drug-likeness (QED) is 0.710. The molecule has 1 heterocycles. The fraction of sp³-hybridized carbons (Fsp3) is 0.200. The van der Waals surface area contributed by atoms with Crippen molar-refractivity contribution in [2.75, 3.05) is 11.9 Å². The van der Waals surface area contributed by atoms with Crippen LogP contribution in [0.15, 0.2) is 57.7 Å². The molecule has 0 aliphatic rings. The summed E-state index contributed by atoms with van der Waals surface area (Å²) in [5.74, 6) is 0.144. The molecule has 5 heteroatoms. The van der Waals surface area contributed by atoms with Gasteiger partial charge in [-0.2, -0.15) is 0 Å². The number of carbonyl (C=O) groups excluding carboxylic acids is 1. The number of para-hydroxylation sites is 1. The van der Waals surface area contributed by atoms with Crippen molar-refractivity contribution in [3.8, 4) is 5.75 Å². The number of benzene rings is 2. The number of anilines is 1. The van der Waals surface area contributed by atoms with Gasteiger partial charge in [0.15, 0.2) is 0 Å². The molecule has 0 aliphatic carbocycles. The van der Waals surface area contributed by atoms with Gasteiger partial charge in [0.1, 0.15) is 16.9 Å². The van der Waals surface area contributed by atoms with E-state index in [0.717, 1.165) is 12.0 Å². The topological polar surface area (TPSA) is 68.5 Å². The van der Waals surface area contributed by atoms with Crippen LogP contribution in [0.5, 0.6) is 5.75 Å². The van der Waals surface area contributed by atoms with Crippen LogP contribution in [-0.2, 0) is 0 Å². The highest BCUT2D eigenvalue weighted by Gasteiger charge is 2.15. The maximum atomic E-state index is 12.4. The number of fused-ring (bicyclic) bond motifs is 1. The minimum absolute atomic E-state index is 0.0296. The molecule has 5 nitrogen and oxygen atoms in total. The molecule has 0 unspecified atom stereocenters. The largest absolute Gasteiger partial charge is 0.493 e. The number of hydrogen-bond donors (Lipinski definition) is 1. The monoisotopic (exact) mass is 337 g/mol. The van der Waals surface area contributed by atoms with Gasteiger partial charge >= 0.3 is 5.63 Å². The molecule has 3 rings (SSSR count). The summed E-state index contributed by atoms with van der Waals surface area (Å²) in [7, 11) is 0. The Morgan fingerprint density at radius 1 is 1.16 bits per heavy atom. The van der Waals surface area contributed by atoms with E-state index in [1.165, 1.54) is 0 Å². The van der Waals surface area contributed by atoms with Crippen molar-refractivity contribution in [2.24, 2.45) is 0 Å². The number of ether oxygens (including phenoxy) is 1. The zero-order chi connectivity index (χ0) is 17.8. The van der Waals surface area contributed by atoms with Gasteiger partial charge in [-0.25, -0.2) is 4.79 Å². The van der Waals surface area contributed by atoms with Crippen molar-refractivity contribution in [3.05, 3.63) is 70.1 Å². The summed E-state index contributed by atoms with van der Waals surface area (Å²) in [6, 6.07) is 14.1. The average molecular weight is 337 g/mol. The second kappa shape index (κ2) is 7.21. The third kappa shape index (κ3) is 3.71. The van der Waals surface area contributed by atoms with Crippen LogP contribution in [0, 0.1) is 6.92 Å². The van der Waals surface area contributed by atoms with Gasteiger partial charge in [-0.15, -0.1) is 0 Å². The molecule has 0 fully saturated rings. The van der Waals surface area contributed by atoms with Crippen LogP contribution in [0.25, 0.3) is 11.0 Å². The Bertz CT molecular complexity index is 975. The zero-order valence-corrected chi connectivity index (χ0v) is 14.2. The number of carbonyl (C=O) groups is 1. The summed E-state index contributed by atoms with van der Waals surface area (Å²) in [6.07, 6.45) is 0.889. The molecule has 1 N–H and O–H groups in total. The summed E-state index contributed by atoms with van der Waals surface area (Å²) in [5.41, 5.74) is 1.27. The number of aryl methyl sites for hydroxylation is 1. The number of rotatable bonds is 5. The average Bonchev–Trinajstić information content (AvgIpc) is 2.61. The maximum absolute atomic E-state index is 12.4. The smallest absolute Gasteiger partial charge is 0.349 e. The van der Waals surface area contributed by atoms with E-state index in [4.69, 9.17) is 9.15 Å². The van der Waals surface area contributed by atoms with Crippen LogP contribution >= 0.6 is 0 Å². The molecule has 0 bridgehead atoms. The van der Waals surface area contributed by atoms with Crippen LogP contribution in [0.4, 0.5) is 5.69 Å². The molecule has 0 spiro atoms. The lowest BCUT2D eigenvalue weighted by Crippen LogP contribution is -2.21. The second-order valence-electron chi connectivity index (χ2n) is 5.76. The number of amides is 1. The Kier molecular flexibility index (Phi) is 4.84. The van der Waals surface area contributed by atoms with E-state index in [1.807, 2.05) is 32.0 Å². The molecule has 0 aliphatic heterocycles. The van der Waals surface area contributed by atoms with E-state index < -0.39 is 11.5 Å². The molecule has 128 valence electrons. The molecule has 3 aromatic rings. The maximum Gasteiger partial charge on any atom is 0.349 e. The van der Waals surface area contributed by atoms with Crippen molar-refractivity contribution in [1.82, 2.24) is 0 Å². The fourth-order valence-corrected chi connectivity index (χ4v) is 2.46. The minimum atomic E-state index is -0.675. The first-order valence-corrected chi connectivity index (χ1v) is 8.16.